The van der Waals surface area contributed by atoms with E-state index >= 15 is 0 Å². The van der Waals surface area contributed by atoms with E-state index in [0.29, 0.717) is 12.5 Å². The lowest BCUT2D eigenvalue weighted by atomic mass is 10.3. The van der Waals surface area contributed by atoms with Gasteiger partial charge in [-0.1, -0.05) is 12.2 Å². The number of rotatable bonds is 2. The van der Waals surface area contributed by atoms with Crippen molar-refractivity contribution in [2.45, 2.75) is 25.7 Å². The van der Waals surface area contributed by atoms with Crippen LogP contribution in [0.25, 0.3) is 0 Å². The largest absolute Gasteiger partial charge is 0.347 e. The van der Waals surface area contributed by atoms with Gasteiger partial charge in [0.2, 0.25) is 0 Å². The molecule has 1 atom stereocenters. The second kappa shape index (κ2) is 3.57. The highest BCUT2D eigenvalue weighted by atomic mass is 35.5. The van der Waals surface area contributed by atoms with Crippen LogP contribution in [-0.4, -0.2) is 24.4 Å². The molecule has 0 unspecified atom stereocenters. The molecule has 0 spiro atoms. The van der Waals surface area contributed by atoms with Crippen molar-refractivity contribution in [1.29, 1.82) is 0 Å². The van der Waals surface area contributed by atoms with Gasteiger partial charge in [-0.15, -0.1) is 11.6 Å². The van der Waals surface area contributed by atoms with Crippen molar-refractivity contribution in [3.05, 3.63) is 12.2 Å². The molecule has 0 aromatic heterocycles. The highest BCUT2D eigenvalue weighted by Gasteiger charge is 2.30. The summed E-state index contributed by atoms with van der Waals surface area (Å²) in [6.07, 6.45) is 3.88. The molecule has 0 N–H and O–H groups in total. The summed E-state index contributed by atoms with van der Waals surface area (Å²) >= 11 is 5.47. The van der Waals surface area contributed by atoms with Gasteiger partial charge in [0, 0.05) is 5.88 Å². The first-order chi connectivity index (χ1) is 5.14. The molecule has 2 nitrogen and oxygen atoms in total. The zero-order valence-corrected chi connectivity index (χ0v) is 7.60. The SMILES string of the molecule is CC1(C)OC[C@H](/C=C/CCl)O1. The zero-order valence-electron chi connectivity index (χ0n) is 6.84. The number of hydrogen-bond donors (Lipinski definition) is 0. The van der Waals surface area contributed by atoms with Gasteiger partial charge < -0.3 is 9.47 Å². The summed E-state index contributed by atoms with van der Waals surface area (Å²) in [6.45, 7) is 4.43. The molecule has 0 aromatic carbocycles. The maximum absolute atomic E-state index is 5.48. The second-order valence-electron chi connectivity index (χ2n) is 2.95. The Kier molecular flexibility index (Phi) is 2.93. The maximum atomic E-state index is 5.48. The molecule has 1 aliphatic heterocycles. The van der Waals surface area contributed by atoms with E-state index in [0.717, 1.165) is 0 Å². The second-order valence-corrected chi connectivity index (χ2v) is 3.26. The Labute approximate surface area is 72.1 Å². The third-order valence-corrected chi connectivity index (χ3v) is 1.65. The fourth-order valence-electron chi connectivity index (χ4n) is 1.01. The molecule has 0 aliphatic carbocycles. The van der Waals surface area contributed by atoms with Crippen LogP contribution in [0.3, 0.4) is 0 Å². The van der Waals surface area contributed by atoms with Gasteiger partial charge in [0.1, 0.15) is 6.10 Å². The lowest BCUT2D eigenvalue weighted by molar-refractivity contribution is -0.133. The molecule has 11 heavy (non-hydrogen) atoms. The zero-order chi connectivity index (χ0) is 8.32. The minimum Gasteiger partial charge on any atom is -0.347 e. The van der Waals surface area contributed by atoms with E-state index in [1.54, 1.807) is 0 Å². The van der Waals surface area contributed by atoms with E-state index in [4.69, 9.17) is 21.1 Å². The van der Waals surface area contributed by atoms with E-state index < -0.39 is 5.79 Å². The molecule has 0 aromatic rings. The summed E-state index contributed by atoms with van der Waals surface area (Å²) < 4.78 is 10.8. The molecule has 1 aliphatic rings. The fourth-order valence-corrected chi connectivity index (χ4v) is 1.12. The summed E-state index contributed by atoms with van der Waals surface area (Å²) in [5.74, 6) is 0.0988. The summed E-state index contributed by atoms with van der Waals surface area (Å²) in [5, 5.41) is 0. The van der Waals surface area contributed by atoms with E-state index in [1.165, 1.54) is 0 Å². The highest BCUT2D eigenvalue weighted by Crippen LogP contribution is 2.22. The minimum atomic E-state index is -0.429. The number of allylic oxidation sites excluding steroid dienone is 1. The fraction of sp³-hybridized carbons (Fsp3) is 0.750. The van der Waals surface area contributed by atoms with Crippen molar-refractivity contribution < 1.29 is 9.47 Å². The first-order valence-electron chi connectivity index (χ1n) is 3.68. The molecule has 0 saturated carbocycles. The summed E-state index contributed by atoms with van der Waals surface area (Å²) in [5.41, 5.74) is 0. The predicted octanol–water partition coefficient (Wildman–Crippen LogP) is 1.93. The number of ether oxygens (including phenoxy) is 2. The van der Waals surface area contributed by atoms with E-state index in [-0.39, 0.29) is 6.10 Å². The van der Waals surface area contributed by atoms with Crippen LogP contribution >= 0.6 is 11.6 Å². The van der Waals surface area contributed by atoms with Gasteiger partial charge in [0.25, 0.3) is 0 Å². The summed E-state index contributed by atoms with van der Waals surface area (Å²) in [4.78, 5) is 0. The monoisotopic (exact) mass is 176 g/mol. The Morgan fingerprint density at radius 3 is 2.82 bits per heavy atom. The average molecular weight is 177 g/mol. The van der Waals surface area contributed by atoms with E-state index in [9.17, 15) is 0 Å². The third-order valence-electron chi connectivity index (χ3n) is 1.47. The predicted molar refractivity (Wildman–Crippen MR) is 44.8 cm³/mol. The van der Waals surface area contributed by atoms with Crippen LogP contribution in [0.15, 0.2) is 12.2 Å². The topological polar surface area (TPSA) is 18.5 Å². The quantitative estimate of drug-likeness (QED) is 0.473. The Balaban J connectivity index is 2.36. The van der Waals surface area contributed by atoms with Gasteiger partial charge in [-0.25, -0.2) is 0 Å². The minimum absolute atomic E-state index is 0.0729. The van der Waals surface area contributed by atoms with Crippen molar-refractivity contribution in [3.8, 4) is 0 Å². The molecule has 1 fully saturated rings. The van der Waals surface area contributed by atoms with Gasteiger partial charge in [0.15, 0.2) is 5.79 Å². The Hall–Kier alpha value is -0.0500. The van der Waals surface area contributed by atoms with Gasteiger partial charge in [0.05, 0.1) is 6.61 Å². The van der Waals surface area contributed by atoms with Crippen LogP contribution in [0, 0.1) is 0 Å². The molecule has 0 radical (unpaired) electrons. The van der Waals surface area contributed by atoms with E-state index in [1.807, 2.05) is 26.0 Å². The Morgan fingerprint density at radius 2 is 2.36 bits per heavy atom. The Bertz CT molecular complexity index is 154. The normalized spacial score (nSPS) is 29.9. The summed E-state index contributed by atoms with van der Waals surface area (Å²) in [7, 11) is 0. The van der Waals surface area contributed by atoms with Crippen molar-refractivity contribution in [3.63, 3.8) is 0 Å². The number of alkyl halides is 1. The molecule has 64 valence electrons. The standard InChI is InChI=1S/C8H13ClO2/c1-8(2)10-6-7(11-8)4-3-5-9/h3-4,7H,5-6H2,1-2H3/b4-3+/t7-/m0/s1. The molecule has 1 rings (SSSR count). The maximum Gasteiger partial charge on any atom is 0.163 e. The molecule has 1 saturated heterocycles. The summed E-state index contributed by atoms with van der Waals surface area (Å²) in [6, 6.07) is 0. The van der Waals surface area contributed by atoms with Crippen molar-refractivity contribution in [1.82, 2.24) is 0 Å². The molecule has 3 heteroatoms. The lowest BCUT2D eigenvalue weighted by Crippen LogP contribution is -2.20. The van der Waals surface area contributed by atoms with Gasteiger partial charge in [-0.05, 0) is 13.8 Å². The first kappa shape index (κ1) is 9.04. The van der Waals surface area contributed by atoms with Gasteiger partial charge in [-0.2, -0.15) is 0 Å². The highest BCUT2D eigenvalue weighted by molar-refractivity contribution is 6.18. The molecule has 0 amide bonds. The molecule has 1 heterocycles. The van der Waals surface area contributed by atoms with Crippen LogP contribution in [0.4, 0.5) is 0 Å². The third kappa shape index (κ3) is 2.81. The van der Waals surface area contributed by atoms with Crippen LogP contribution in [0.5, 0.6) is 0 Å². The smallest absolute Gasteiger partial charge is 0.163 e. The van der Waals surface area contributed by atoms with Crippen LogP contribution in [-0.2, 0) is 9.47 Å². The van der Waals surface area contributed by atoms with Crippen LogP contribution in [0.2, 0.25) is 0 Å². The lowest BCUT2D eigenvalue weighted by Gasteiger charge is -2.15. The van der Waals surface area contributed by atoms with Gasteiger partial charge in [-0.3, -0.25) is 0 Å². The van der Waals surface area contributed by atoms with E-state index in [2.05, 4.69) is 0 Å². The van der Waals surface area contributed by atoms with Crippen molar-refractivity contribution in [2.75, 3.05) is 12.5 Å². The van der Waals surface area contributed by atoms with Crippen LogP contribution in [0.1, 0.15) is 13.8 Å². The van der Waals surface area contributed by atoms with Crippen molar-refractivity contribution >= 4 is 11.6 Å². The van der Waals surface area contributed by atoms with Crippen LogP contribution < -0.4 is 0 Å². The molecular formula is C8H13ClO2. The first-order valence-corrected chi connectivity index (χ1v) is 4.22. The average Bonchev–Trinajstić information content (AvgIpc) is 2.26. The van der Waals surface area contributed by atoms with Gasteiger partial charge >= 0.3 is 0 Å². The number of halogens is 1. The molecular weight excluding hydrogens is 164 g/mol. The molecule has 0 bridgehead atoms. The Morgan fingerprint density at radius 1 is 1.64 bits per heavy atom. The van der Waals surface area contributed by atoms with Crippen molar-refractivity contribution in [2.24, 2.45) is 0 Å². The number of hydrogen-bond acceptors (Lipinski definition) is 2.